The number of hydrogen-bond acceptors (Lipinski definition) is 12. The molecule has 12 N–H and O–H groups in total. The molecule has 35 heavy (non-hydrogen) atoms. The molecule has 1 aliphatic rings. The van der Waals surface area contributed by atoms with Gasteiger partial charge < -0.3 is 21.1 Å². The van der Waals surface area contributed by atoms with Gasteiger partial charge in [-0.05, 0) is 17.7 Å². The summed E-state index contributed by atoms with van der Waals surface area (Å²) < 4.78 is 55.8. The molecular formula is C18H26N10O5S2. The Hall–Kier alpha value is -2.71. The van der Waals surface area contributed by atoms with Crippen molar-refractivity contribution >= 4 is 37.0 Å². The first kappa shape index (κ1) is 25.4. The van der Waals surface area contributed by atoms with Gasteiger partial charge in [-0.3, -0.25) is 0 Å². The van der Waals surface area contributed by atoms with Crippen LogP contribution in [-0.4, -0.2) is 50.7 Å². The number of anilines is 1. The molecule has 3 aromatic rings. The maximum Gasteiger partial charge on any atom is 0.242 e. The lowest BCUT2D eigenvalue weighted by Crippen LogP contribution is -2.37. The molecule has 4 rings (SSSR count). The van der Waals surface area contributed by atoms with Crippen LogP contribution in [0.3, 0.4) is 0 Å². The summed E-state index contributed by atoms with van der Waals surface area (Å²) in [5.74, 6) is 0.239. The van der Waals surface area contributed by atoms with Crippen LogP contribution in [0.5, 0.6) is 0 Å². The summed E-state index contributed by atoms with van der Waals surface area (Å²) in [4.78, 5) is 3.17. The number of nitrogens with two attached hydrogens (primary N) is 3. The molecule has 0 spiro atoms. The summed E-state index contributed by atoms with van der Waals surface area (Å²) in [6.07, 6.45) is -2.10. The standard InChI is InChI=1S/C18H26N10O5S2/c1-28-12-4-2-3-11(15(12)23-18(28)20)10-5-6-13(35(32,33)22-8-9(29)7-19)16(34(21,30)31)14(10)17-24-26-27-25-17/h2-6,9,17,22,24-27,29H,7-8,19H2,1H3,(H2,20,23)(H2,21,30,31)/t9-/m1/s1. The Balaban J connectivity index is 2.03. The monoisotopic (exact) mass is 526 g/mol. The second-order valence-electron chi connectivity index (χ2n) is 7.81. The van der Waals surface area contributed by atoms with E-state index in [9.17, 15) is 21.9 Å². The number of hydrogen-bond donors (Lipinski definition) is 9. The molecule has 2 heterocycles. The van der Waals surface area contributed by atoms with Crippen LogP contribution in [0.2, 0.25) is 0 Å². The van der Waals surface area contributed by atoms with Gasteiger partial charge in [0.05, 0.1) is 17.1 Å². The van der Waals surface area contributed by atoms with Crippen LogP contribution in [0, 0.1) is 0 Å². The lowest BCUT2D eigenvalue weighted by molar-refractivity contribution is 0.186. The van der Waals surface area contributed by atoms with Crippen LogP contribution in [0.25, 0.3) is 22.2 Å². The van der Waals surface area contributed by atoms with Crippen LogP contribution >= 0.6 is 0 Å². The van der Waals surface area contributed by atoms with E-state index in [1.165, 1.54) is 6.07 Å². The number of aliphatic hydroxyl groups excluding tert-OH is 1. The number of sulfonamides is 2. The number of rotatable bonds is 8. The number of para-hydroxylation sites is 1. The molecule has 2 aromatic carbocycles. The van der Waals surface area contributed by atoms with Crippen molar-refractivity contribution in [2.45, 2.75) is 22.1 Å². The lowest BCUT2D eigenvalue weighted by atomic mass is 9.96. The molecular weight excluding hydrogens is 500 g/mol. The Bertz CT molecular complexity index is 1480. The second-order valence-corrected chi connectivity index (χ2v) is 11.0. The van der Waals surface area contributed by atoms with E-state index < -0.39 is 48.7 Å². The zero-order valence-electron chi connectivity index (χ0n) is 18.5. The van der Waals surface area contributed by atoms with E-state index >= 15 is 0 Å². The topological polar surface area (TPSA) is 245 Å². The molecule has 17 heteroatoms. The summed E-state index contributed by atoms with van der Waals surface area (Å²) in [5.41, 5.74) is 24.1. The molecule has 0 unspecified atom stereocenters. The molecule has 0 saturated carbocycles. The number of primary sulfonamides is 1. The normalized spacial score (nSPS) is 16.2. The van der Waals surface area contributed by atoms with Crippen molar-refractivity contribution in [3.05, 3.63) is 35.9 Å². The van der Waals surface area contributed by atoms with Gasteiger partial charge >= 0.3 is 0 Å². The number of fused-ring (bicyclic) bond motifs is 1. The Kier molecular flexibility index (Phi) is 6.81. The Labute approximate surface area is 201 Å². The number of benzene rings is 2. The van der Waals surface area contributed by atoms with E-state index in [1.807, 2.05) is 0 Å². The van der Waals surface area contributed by atoms with Crippen LogP contribution in [0.15, 0.2) is 40.1 Å². The van der Waals surface area contributed by atoms with E-state index in [0.29, 0.717) is 22.2 Å². The molecule has 1 aromatic heterocycles. The highest BCUT2D eigenvalue weighted by Crippen LogP contribution is 2.39. The predicted molar refractivity (Wildman–Crippen MR) is 127 cm³/mol. The molecule has 0 bridgehead atoms. The van der Waals surface area contributed by atoms with E-state index in [0.717, 1.165) is 6.07 Å². The summed E-state index contributed by atoms with van der Waals surface area (Å²) in [5, 5.41) is 15.3. The van der Waals surface area contributed by atoms with Gasteiger partial charge in [0, 0.05) is 31.3 Å². The molecule has 0 aliphatic carbocycles. The van der Waals surface area contributed by atoms with E-state index in [2.05, 4.69) is 31.6 Å². The third-order valence-corrected chi connectivity index (χ3v) is 8.14. The van der Waals surface area contributed by atoms with Gasteiger partial charge in [-0.15, -0.1) is 0 Å². The smallest absolute Gasteiger partial charge is 0.242 e. The highest BCUT2D eigenvalue weighted by Gasteiger charge is 2.34. The van der Waals surface area contributed by atoms with Crippen molar-refractivity contribution in [2.75, 3.05) is 18.8 Å². The summed E-state index contributed by atoms with van der Waals surface area (Å²) in [7, 11) is -7.31. The first-order valence-electron chi connectivity index (χ1n) is 10.3. The minimum Gasteiger partial charge on any atom is -0.390 e. The number of aromatic nitrogens is 2. The predicted octanol–water partition coefficient (Wildman–Crippen LogP) is -2.82. The fourth-order valence-corrected chi connectivity index (χ4v) is 6.55. The number of aryl methyl sites for hydroxylation is 1. The van der Waals surface area contributed by atoms with Gasteiger partial charge in [-0.2, -0.15) is 11.1 Å². The SMILES string of the molecule is Cn1c(N)nc2c(-c3ccc(S(=O)(=O)NC[C@H](O)CN)c(S(N)(=O)=O)c3C3NNNN3)cccc21. The number of nitrogen functional groups attached to an aromatic ring is 1. The van der Waals surface area contributed by atoms with Crippen LogP contribution in [-0.2, 0) is 27.1 Å². The van der Waals surface area contributed by atoms with Crippen LogP contribution < -0.4 is 43.2 Å². The second kappa shape index (κ2) is 9.39. The minimum absolute atomic E-state index is 0.0176. The maximum atomic E-state index is 13.1. The number of imidazole rings is 1. The highest BCUT2D eigenvalue weighted by atomic mass is 32.2. The fraction of sp³-hybridized carbons (Fsp3) is 0.278. The Morgan fingerprint density at radius 1 is 1.14 bits per heavy atom. The van der Waals surface area contributed by atoms with Gasteiger partial charge in [-0.1, -0.05) is 18.2 Å². The van der Waals surface area contributed by atoms with Crippen molar-refractivity contribution in [2.24, 2.45) is 17.9 Å². The molecule has 15 nitrogen and oxygen atoms in total. The zero-order valence-corrected chi connectivity index (χ0v) is 20.1. The Morgan fingerprint density at radius 2 is 1.83 bits per heavy atom. The number of nitrogens with one attached hydrogen (secondary N) is 5. The summed E-state index contributed by atoms with van der Waals surface area (Å²) in [6.45, 7) is -0.616. The molecule has 1 saturated heterocycles. The average molecular weight is 527 g/mol. The minimum atomic E-state index is -4.61. The van der Waals surface area contributed by atoms with Crippen LogP contribution in [0.1, 0.15) is 11.7 Å². The van der Waals surface area contributed by atoms with E-state index in [-0.39, 0.29) is 18.1 Å². The van der Waals surface area contributed by atoms with Crippen molar-refractivity contribution in [1.82, 2.24) is 36.2 Å². The Morgan fingerprint density at radius 3 is 2.46 bits per heavy atom. The molecule has 0 amide bonds. The zero-order chi connectivity index (χ0) is 25.5. The van der Waals surface area contributed by atoms with Gasteiger partial charge in [0.1, 0.15) is 16.0 Å². The van der Waals surface area contributed by atoms with E-state index in [4.69, 9.17) is 16.6 Å². The van der Waals surface area contributed by atoms with Crippen molar-refractivity contribution in [1.29, 1.82) is 0 Å². The average Bonchev–Trinajstić information content (AvgIpc) is 3.44. The maximum absolute atomic E-state index is 13.1. The van der Waals surface area contributed by atoms with Crippen molar-refractivity contribution in [3.63, 3.8) is 0 Å². The van der Waals surface area contributed by atoms with Crippen molar-refractivity contribution in [3.8, 4) is 11.1 Å². The van der Waals surface area contributed by atoms with Gasteiger partial charge in [0.2, 0.25) is 26.0 Å². The molecule has 0 radical (unpaired) electrons. The fourth-order valence-electron chi connectivity index (χ4n) is 3.82. The van der Waals surface area contributed by atoms with Crippen molar-refractivity contribution < 1.29 is 21.9 Å². The lowest BCUT2D eigenvalue weighted by Gasteiger charge is -2.22. The quantitative estimate of drug-likeness (QED) is 0.144. The van der Waals surface area contributed by atoms with Crippen LogP contribution in [0.4, 0.5) is 5.95 Å². The van der Waals surface area contributed by atoms with Gasteiger partial charge in [-0.25, -0.2) is 42.5 Å². The third-order valence-electron chi connectivity index (χ3n) is 5.54. The summed E-state index contributed by atoms with van der Waals surface area (Å²) in [6, 6.07) is 7.84. The van der Waals surface area contributed by atoms with Gasteiger partial charge in [0.15, 0.2) is 0 Å². The molecule has 1 aliphatic heterocycles. The largest absolute Gasteiger partial charge is 0.390 e. The first-order valence-corrected chi connectivity index (χ1v) is 13.3. The molecule has 1 atom stereocenters. The highest BCUT2D eigenvalue weighted by molar-refractivity contribution is 7.92. The first-order chi connectivity index (χ1) is 16.5. The third kappa shape index (κ3) is 4.74. The molecule has 190 valence electrons. The summed E-state index contributed by atoms with van der Waals surface area (Å²) >= 11 is 0. The molecule has 1 fully saturated rings. The number of aliphatic hydroxyl groups is 1. The number of nitrogens with zero attached hydrogens (tertiary/aromatic N) is 2. The van der Waals surface area contributed by atoms with Gasteiger partial charge in [0.25, 0.3) is 0 Å². The van der Waals surface area contributed by atoms with E-state index in [1.54, 1.807) is 29.8 Å². The number of hydrazine groups is 3.